The van der Waals surface area contributed by atoms with Gasteiger partial charge in [-0.2, -0.15) is 0 Å². The van der Waals surface area contributed by atoms with E-state index in [1.807, 2.05) is 37.9 Å². The fraction of sp³-hybridized carbons (Fsp3) is 0.300. The van der Waals surface area contributed by atoms with E-state index in [-0.39, 0.29) is 0 Å². The fourth-order valence-corrected chi connectivity index (χ4v) is 3.42. The average molecular weight is 359 g/mol. The lowest BCUT2D eigenvalue weighted by Crippen LogP contribution is -2.21. The minimum absolute atomic E-state index is 0.547. The van der Waals surface area contributed by atoms with Crippen molar-refractivity contribution in [1.82, 2.24) is 29.1 Å². The molecule has 1 saturated carbocycles. The van der Waals surface area contributed by atoms with Gasteiger partial charge in [-0.3, -0.25) is 4.40 Å². The molecule has 0 spiro atoms. The van der Waals surface area contributed by atoms with Gasteiger partial charge in [0.2, 0.25) is 5.65 Å². The van der Waals surface area contributed by atoms with Gasteiger partial charge in [-0.25, -0.2) is 9.97 Å². The molecule has 0 amide bonds. The molecule has 27 heavy (non-hydrogen) atoms. The van der Waals surface area contributed by atoms with Gasteiger partial charge in [0.25, 0.3) is 0 Å². The van der Waals surface area contributed by atoms with Crippen LogP contribution in [0.5, 0.6) is 0 Å². The Labute approximate surface area is 157 Å². The smallest absolute Gasteiger partial charge is 0.203 e. The first-order valence-electron chi connectivity index (χ1n) is 9.24. The van der Waals surface area contributed by atoms with Crippen LogP contribution < -0.4 is 4.90 Å². The fourth-order valence-electron chi connectivity index (χ4n) is 3.42. The Hall–Kier alpha value is -3.22. The van der Waals surface area contributed by atoms with E-state index in [4.69, 9.17) is 0 Å². The molecule has 0 bridgehead atoms. The van der Waals surface area contributed by atoms with Gasteiger partial charge in [-0.15, -0.1) is 10.2 Å². The summed E-state index contributed by atoms with van der Waals surface area (Å²) in [6, 6.07) is 10.4. The molecule has 5 rings (SSSR count). The van der Waals surface area contributed by atoms with Crippen LogP contribution in [-0.2, 0) is 13.1 Å². The van der Waals surface area contributed by atoms with Crippen LogP contribution in [0.2, 0.25) is 0 Å². The number of anilines is 1. The van der Waals surface area contributed by atoms with Gasteiger partial charge in [0.05, 0.1) is 6.54 Å². The molecule has 3 aromatic heterocycles. The van der Waals surface area contributed by atoms with E-state index in [9.17, 15) is 0 Å². The zero-order valence-corrected chi connectivity index (χ0v) is 15.2. The highest BCUT2D eigenvalue weighted by molar-refractivity contribution is 5.63. The van der Waals surface area contributed by atoms with Gasteiger partial charge >= 0.3 is 0 Å². The van der Waals surface area contributed by atoms with Crippen molar-refractivity contribution >= 4 is 11.5 Å². The number of nitrogens with zero attached hydrogens (tertiary/aromatic N) is 7. The van der Waals surface area contributed by atoms with Crippen molar-refractivity contribution in [2.75, 3.05) is 11.9 Å². The minimum atomic E-state index is 0.547. The number of benzene rings is 1. The lowest BCUT2D eigenvalue weighted by molar-refractivity contribution is 0.704. The second kappa shape index (κ2) is 6.50. The first-order valence-corrected chi connectivity index (χ1v) is 9.24. The maximum Gasteiger partial charge on any atom is 0.203 e. The number of aromatic nitrogens is 6. The third kappa shape index (κ3) is 3.05. The maximum absolute atomic E-state index is 4.56. The molecule has 1 aromatic carbocycles. The highest BCUT2D eigenvalue weighted by Gasteiger charge is 2.29. The Morgan fingerprint density at radius 2 is 1.85 bits per heavy atom. The summed E-state index contributed by atoms with van der Waals surface area (Å²) >= 11 is 0. The molecular formula is C20H21N7. The van der Waals surface area contributed by atoms with Crippen LogP contribution >= 0.6 is 0 Å². The lowest BCUT2D eigenvalue weighted by atomic mass is 10.2. The molecule has 0 N–H and O–H groups in total. The van der Waals surface area contributed by atoms with Gasteiger partial charge in [0.15, 0.2) is 5.82 Å². The van der Waals surface area contributed by atoms with Crippen molar-refractivity contribution < 1.29 is 0 Å². The molecule has 1 aliphatic carbocycles. The Kier molecular flexibility index (Phi) is 3.85. The van der Waals surface area contributed by atoms with Gasteiger partial charge in [-0.1, -0.05) is 30.3 Å². The van der Waals surface area contributed by atoms with Crippen molar-refractivity contribution in [3.63, 3.8) is 0 Å². The van der Waals surface area contributed by atoms with E-state index in [1.165, 1.54) is 18.4 Å². The second-order valence-corrected chi connectivity index (χ2v) is 7.09. The van der Waals surface area contributed by atoms with Gasteiger partial charge in [-0.05, 0) is 18.4 Å². The molecule has 136 valence electrons. The predicted octanol–water partition coefficient (Wildman–Crippen LogP) is 2.88. The summed E-state index contributed by atoms with van der Waals surface area (Å²) in [7, 11) is 2.02. The number of fused-ring (bicyclic) bond motifs is 1. The van der Waals surface area contributed by atoms with E-state index >= 15 is 0 Å². The molecule has 4 aromatic rings. The summed E-state index contributed by atoms with van der Waals surface area (Å²) < 4.78 is 4.25. The number of hydrogen-bond donors (Lipinski definition) is 0. The molecule has 7 heteroatoms. The van der Waals surface area contributed by atoms with Crippen LogP contribution in [0.15, 0.2) is 55.1 Å². The van der Waals surface area contributed by atoms with E-state index in [2.05, 4.69) is 58.3 Å². The van der Waals surface area contributed by atoms with Gasteiger partial charge in [0.1, 0.15) is 11.6 Å². The quantitative estimate of drug-likeness (QED) is 0.530. The third-order valence-electron chi connectivity index (χ3n) is 5.01. The Morgan fingerprint density at radius 3 is 2.67 bits per heavy atom. The molecular weight excluding hydrogens is 338 g/mol. The summed E-state index contributed by atoms with van der Waals surface area (Å²) in [5, 5.41) is 8.80. The van der Waals surface area contributed by atoms with E-state index in [0.29, 0.717) is 12.5 Å². The highest BCUT2D eigenvalue weighted by Crippen LogP contribution is 2.39. The zero-order chi connectivity index (χ0) is 18.2. The van der Waals surface area contributed by atoms with Crippen molar-refractivity contribution in [2.24, 2.45) is 0 Å². The highest BCUT2D eigenvalue weighted by atomic mass is 15.3. The molecule has 1 fully saturated rings. The Bertz CT molecular complexity index is 1060. The Balaban J connectivity index is 1.41. The molecule has 0 saturated heterocycles. The lowest BCUT2D eigenvalue weighted by Gasteiger charge is -2.19. The number of imidazole rings is 1. The van der Waals surface area contributed by atoms with Gasteiger partial charge < -0.3 is 9.47 Å². The normalized spacial score (nSPS) is 14.0. The van der Waals surface area contributed by atoms with Crippen LogP contribution in [0.1, 0.15) is 36.0 Å². The summed E-state index contributed by atoms with van der Waals surface area (Å²) in [4.78, 5) is 11.2. The topological polar surface area (TPSA) is 64.1 Å². The largest absolute Gasteiger partial charge is 0.349 e. The van der Waals surface area contributed by atoms with Crippen LogP contribution in [0, 0.1) is 0 Å². The first kappa shape index (κ1) is 16.0. The standard InChI is InChI=1S/C20H21N7/c1-25(14-17-21-9-11-26(17)13-15-5-3-2-4-6-15)19-20-24-23-18(16-7-8-16)27(20)12-10-22-19/h2-6,9-12,16H,7-8,13-14H2,1H3. The summed E-state index contributed by atoms with van der Waals surface area (Å²) in [5.41, 5.74) is 2.06. The molecule has 3 heterocycles. The molecule has 1 aliphatic rings. The van der Waals surface area contributed by atoms with Crippen LogP contribution in [0.3, 0.4) is 0 Å². The summed E-state index contributed by atoms with van der Waals surface area (Å²) in [5.74, 6) is 3.41. The summed E-state index contributed by atoms with van der Waals surface area (Å²) in [6.07, 6.45) is 10.0. The third-order valence-corrected chi connectivity index (χ3v) is 5.01. The molecule has 7 nitrogen and oxygen atoms in total. The maximum atomic E-state index is 4.56. The van der Waals surface area contributed by atoms with Crippen molar-refractivity contribution in [3.8, 4) is 0 Å². The SMILES string of the molecule is CN(Cc1nccn1Cc1ccccc1)c1nccn2c(C3CC3)nnc12. The molecule has 0 unspecified atom stereocenters. The van der Waals surface area contributed by atoms with Crippen molar-refractivity contribution in [3.05, 3.63) is 72.3 Å². The van der Waals surface area contributed by atoms with Crippen LogP contribution in [-0.4, -0.2) is 36.2 Å². The van der Waals surface area contributed by atoms with E-state index in [1.54, 1.807) is 0 Å². The summed E-state index contributed by atoms with van der Waals surface area (Å²) in [6.45, 7) is 1.45. The van der Waals surface area contributed by atoms with E-state index in [0.717, 1.165) is 29.7 Å². The van der Waals surface area contributed by atoms with Crippen molar-refractivity contribution in [2.45, 2.75) is 31.8 Å². The first-order chi connectivity index (χ1) is 13.3. The Morgan fingerprint density at radius 1 is 1.04 bits per heavy atom. The molecule has 0 radical (unpaired) electrons. The number of hydrogen-bond acceptors (Lipinski definition) is 5. The monoisotopic (exact) mass is 359 g/mol. The minimum Gasteiger partial charge on any atom is -0.349 e. The van der Waals surface area contributed by atoms with E-state index < -0.39 is 0 Å². The molecule has 0 atom stereocenters. The molecule has 0 aliphatic heterocycles. The second-order valence-electron chi connectivity index (χ2n) is 7.09. The van der Waals surface area contributed by atoms with Crippen LogP contribution in [0.4, 0.5) is 5.82 Å². The van der Waals surface area contributed by atoms with Crippen molar-refractivity contribution in [1.29, 1.82) is 0 Å². The average Bonchev–Trinajstić information content (AvgIpc) is 3.30. The van der Waals surface area contributed by atoms with Crippen LogP contribution in [0.25, 0.3) is 5.65 Å². The predicted molar refractivity (Wildman–Crippen MR) is 103 cm³/mol. The zero-order valence-electron chi connectivity index (χ0n) is 15.2. The van der Waals surface area contributed by atoms with Gasteiger partial charge in [0, 0.05) is 44.3 Å². The number of rotatable bonds is 6.